The molecule has 2 aromatic carbocycles. The van der Waals surface area contributed by atoms with E-state index in [-0.39, 0.29) is 5.91 Å². The molecule has 1 aromatic heterocycles. The summed E-state index contributed by atoms with van der Waals surface area (Å²) in [5.74, 6) is -0.212. The number of benzene rings is 2. The van der Waals surface area contributed by atoms with Crippen molar-refractivity contribution in [2.24, 2.45) is 0 Å². The fourth-order valence-electron chi connectivity index (χ4n) is 2.26. The van der Waals surface area contributed by atoms with Crippen molar-refractivity contribution in [3.8, 4) is 0 Å². The van der Waals surface area contributed by atoms with Crippen molar-refractivity contribution >= 4 is 39.8 Å². The number of nitrogens with one attached hydrogen (secondary N) is 2. The molecule has 0 unspecified atom stereocenters. The summed E-state index contributed by atoms with van der Waals surface area (Å²) in [6, 6.07) is 12.7. The molecule has 0 fully saturated rings. The predicted octanol–water partition coefficient (Wildman–Crippen LogP) is 3.96. The van der Waals surface area contributed by atoms with Crippen molar-refractivity contribution in [3.63, 3.8) is 0 Å². The molecule has 5 heteroatoms. The van der Waals surface area contributed by atoms with Crippen molar-refractivity contribution < 1.29 is 4.79 Å². The third kappa shape index (κ3) is 2.58. The maximum Gasteiger partial charge on any atom is 0.272 e. The number of nitrogen functional groups attached to an aromatic ring is 1. The Kier molecular flexibility index (Phi) is 3.31. The molecule has 0 radical (unpaired) electrons. The minimum absolute atomic E-state index is 0.212. The highest BCUT2D eigenvalue weighted by molar-refractivity contribution is 6.30. The number of para-hydroxylation sites is 1. The molecule has 1 heterocycles. The SMILES string of the molecule is Cc1cc(Cl)ccc1NC(=O)c1cc2cccc(N)c2[nH]1. The average Bonchev–Trinajstić information content (AvgIpc) is 2.87. The summed E-state index contributed by atoms with van der Waals surface area (Å²) >= 11 is 5.91. The van der Waals surface area contributed by atoms with Crippen LogP contribution >= 0.6 is 11.6 Å². The Labute approximate surface area is 126 Å². The minimum atomic E-state index is -0.212. The van der Waals surface area contributed by atoms with Gasteiger partial charge in [0, 0.05) is 16.1 Å². The predicted molar refractivity (Wildman–Crippen MR) is 86.9 cm³/mol. The molecule has 0 aliphatic heterocycles. The Hall–Kier alpha value is -2.46. The minimum Gasteiger partial charge on any atom is -0.397 e. The second-order valence-electron chi connectivity index (χ2n) is 4.91. The normalized spacial score (nSPS) is 10.8. The Bertz CT molecular complexity index is 839. The van der Waals surface area contributed by atoms with E-state index in [0.717, 1.165) is 22.2 Å². The summed E-state index contributed by atoms with van der Waals surface area (Å²) in [7, 11) is 0. The van der Waals surface area contributed by atoms with Gasteiger partial charge in [-0.3, -0.25) is 4.79 Å². The van der Waals surface area contributed by atoms with Crippen molar-refractivity contribution in [3.05, 3.63) is 58.7 Å². The summed E-state index contributed by atoms with van der Waals surface area (Å²) in [5.41, 5.74) is 9.39. The number of aromatic amines is 1. The Morgan fingerprint density at radius 2 is 2.05 bits per heavy atom. The van der Waals surface area contributed by atoms with E-state index in [1.54, 1.807) is 30.3 Å². The zero-order valence-corrected chi connectivity index (χ0v) is 12.2. The number of amides is 1. The van der Waals surface area contributed by atoms with Gasteiger partial charge in [0.1, 0.15) is 5.69 Å². The van der Waals surface area contributed by atoms with E-state index in [9.17, 15) is 4.79 Å². The molecule has 4 N–H and O–H groups in total. The lowest BCUT2D eigenvalue weighted by Crippen LogP contribution is -2.13. The number of fused-ring (bicyclic) bond motifs is 1. The molecule has 1 amide bonds. The van der Waals surface area contributed by atoms with Crippen LogP contribution in [0.4, 0.5) is 11.4 Å². The first-order valence-corrected chi connectivity index (χ1v) is 6.87. The van der Waals surface area contributed by atoms with E-state index in [1.807, 2.05) is 19.1 Å². The number of aryl methyl sites for hydroxylation is 1. The molecule has 0 aliphatic rings. The Morgan fingerprint density at radius 3 is 2.76 bits per heavy atom. The lowest BCUT2D eigenvalue weighted by molar-refractivity contribution is 0.102. The van der Waals surface area contributed by atoms with E-state index < -0.39 is 0 Å². The van der Waals surface area contributed by atoms with Crippen LogP contribution < -0.4 is 11.1 Å². The highest BCUT2D eigenvalue weighted by Crippen LogP contribution is 2.23. The number of halogens is 1. The number of hydrogen-bond acceptors (Lipinski definition) is 2. The summed E-state index contributed by atoms with van der Waals surface area (Å²) in [6.07, 6.45) is 0. The number of anilines is 2. The molecule has 4 nitrogen and oxygen atoms in total. The molecule has 0 atom stereocenters. The Balaban J connectivity index is 1.92. The maximum absolute atomic E-state index is 12.3. The smallest absolute Gasteiger partial charge is 0.272 e. The van der Waals surface area contributed by atoms with Gasteiger partial charge >= 0.3 is 0 Å². The molecular formula is C16H14ClN3O. The number of carbonyl (C=O) groups is 1. The van der Waals surface area contributed by atoms with Gasteiger partial charge in [0.25, 0.3) is 5.91 Å². The van der Waals surface area contributed by atoms with Gasteiger partial charge in [-0.15, -0.1) is 0 Å². The fraction of sp³-hybridized carbons (Fsp3) is 0.0625. The van der Waals surface area contributed by atoms with Crippen LogP contribution in [0.1, 0.15) is 16.1 Å². The largest absolute Gasteiger partial charge is 0.397 e. The first-order valence-electron chi connectivity index (χ1n) is 6.49. The van der Waals surface area contributed by atoms with Gasteiger partial charge in [-0.2, -0.15) is 0 Å². The van der Waals surface area contributed by atoms with Crippen molar-refractivity contribution in [1.82, 2.24) is 4.98 Å². The number of nitrogens with two attached hydrogens (primary N) is 1. The molecule has 3 aromatic rings. The summed E-state index contributed by atoms with van der Waals surface area (Å²) in [5, 5.41) is 4.42. The lowest BCUT2D eigenvalue weighted by Gasteiger charge is -2.07. The molecule has 0 saturated carbocycles. The van der Waals surface area contributed by atoms with Crippen molar-refractivity contribution in [2.75, 3.05) is 11.1 Å². The monoisotopic (exact) mass is 299 g/mol. The fourth-order valence-corrected chi connectivity index (χ4v) is 2.49. The third-order valence-electron chi connectivity index (χ3n) is 3.37. The lowest BCUT2D eigenvalue weighted by atomic mass is 10.2. The van der Waals surface area contributed by atoms with Crippen LogP contribution in [0.3, 0.4) is 0 Å². The number of aromatic nitrogens is 1. The summed E-state index contributed by atoms with van der Waals surface area (Å²) < 4.78 is 0. The van der Waals surface area contributed by atoms with Gasteiger partial charge in [0.05, 0.1) is 11.2 Å². The van der Waals surface area contributed by atoms with Gasteiger partial charge in [-0.25, -0.2) is 0 Å². The third-order valence-corrected chi connectivity index (χ3v) is 3.60. The first-order chi connectivity index (χ1) is 10.0. The number of H-pyrrole nitrogens is 1. The van der Waals surface area contributed by atoms with Crippen LogP contribution in [-0.2, 0) is 0 Å². The molecule has 106 valence electrons. The second kappa shape index (κ2) is 5.14. The van der Waals surface area contributed by atoms with E-state index in [2.05, 4.69) is 10.3 Å². The Morgan fingerprint density at radius 1 is 1.24 bits per heavy atom. The quantitative estimate of drug-likeness (QED) is 0.627. The molecule has 0 aliphatic carbocycles. The first kappa shape index (κ1) is 13.5. The number of hydrogen-bond donors (Lipinski definition) is 3. The average molecular weight is 300 g/mol. The zero-order valence-electron chi connectivity index (χ0n) is 11.4. The van der Waals surface area contributed by atoms with E-state index in [4.69, 9.17) is 17.3 Å². The van der Waals surface area contributed by atoms with Gasteiger partial charge in [0.2, 0.25) is 0 Å². The van der Waals surface area contributed by atoms with Crippen LogP contribution in [0, 0.1) is 6.92 Å². The van der Waals surface area contributed by atoms with Crippen LogP contribution in [0.5, 0.6) is 0 Å². The van der Waals surface area contributed by atoms with Crippen LogP contribution in [0.2, 0.25) is 5.02 Å². The topological polar surface area (TPSA) is 70.9 Å². The van der Waals surface area contributed by atoms with Crippen LogP contribution in [0.25, 0.3) is 10.9 Å². The molecule has 0 saturated heterocycles. The molecule has 21 heavy (non-hydrogen) atoms. The standard InChI is InChI=1S/C16H14ClN3O/c1-9-7-11(17)5-6-13(9)20-16(21)14-8-10-3-2-4-12(18)15(10)19-14/h2-8,19H,18H2,1H3,(H,20,21). The zero-order chi connectivity index (χ0) is 15.0. The second-order valence-corrected chi connectivity index (χ2v) is 5.34. The molecular weight excluding hydrogens is 286 g/mol. The van der Waals surface area contributed by atoms with Gasteiger partial charge < -0.3 is 16.0 Å². The highest BCUT2D eigenvalue weighted by Gasteiger charge is 2.12. The van der Waals surface area contributed by atoms with Crippen LogP contribution in [0.15, 0.2) is 42.5 Å². The summed E-state index contributed by atoms with van der Waals surface area (Å²) in [6.45, 7) is 1.89. The molecule has 0 bridgehead atoms. The highest BCUT2D eigenvalue weighted by atomic mass is 35.5. The van der Waals surface area contributed by atoms with Crippen LogP contribution in [-0.4, -0.2) is 10.9 Å². The molecule has 0 spiro atoms. The van der Waals surface area contributed by atoms with Crippen molar-refractivity contribution in [2.45, 2.75) is 6.92 Å². The van der Waals surface area contributed by atoms with Crippen molar-refractivity contribution in [1.29, 1.82) is 0 Å². The number of rotatable bonds is 2. The molecule has 3 rings (SSSR count). The summed E-state index contributed by atoms with van der Waals surface area (Å²) in [4.78, 5) is 15.4. The maximum atomic E-state index is 12.3. The van der Waals surface area contributed by atoms with Gasteiger partial charge in [-0.05, 0) is 42.8 Å². The van der Waals surface area contributed by atoms with Gasteiger partial charge in [0.15, 0.2) is 0 Å². The van der Waals surface area contributed by atoms with E-state index in [0.29, 0.717) is 16.4 Å². The van der Waals surface area contributed by atoms with E-state index in [1.165, 1.54) is 0 Å². The van der Waals surface area contributed by atoms with Gasteiger partial charge in [-0.1, -0.05) is 23.7 Å². The van der Waals surface area contributed by atoms with E-state index >= 15 is 0 Å². The number of carbonyl (C=O) groups excluding carboxylic acids is 1.